The van der Waals surface area contributed by atoms with Gasteiger partial charge in [-0.2, -0.15) is 0 Å². The zero-order valence-electron chi connectivity index (χ0n) is 21.4. The number of hydrogen-bond acceptors (Lipinski definition) is 4. The van der Waals surface area contributed by atoms with Crippen molar-refractivity contribution in [2.75, 3.05) is 6.79 Å². The summed E-state index contributed by atoms with van der Waals surface area (Å²) in [6.07, 6.45) is 5.24. The summed E-state index contributed by atoms with van der Waals surface area (Å²) in [5.74, 6) is 0.767. The van der Waals surface area contributed by atoms with Gasteiger partial charge >= 0.3 is 0 Å². The molecule has 38 heavy (non-hydrogen) atoms. The summed E-state index contributed by atoms with van der Waals surface area (Å²) >= 11 is 0. The maximum absolute atomic E-state index is 13.8. The molecule has 7 heteroatoms. The van der Waals surface area contributed by atoms with Crippen LogP contribution in [-0.4, -0.2) is 35.6 Å². The van der Waals surface area contributed by atoms with E-state index in [0.717, 1.165) is 42.4 Å². The number of halogens is 1. The van der Waals surface area contributed by atoms with Crippen LogP contribution in [0.3, 0.4) is 0 Å². The summed E-state index contributed by atoms with van der Waals surface area (Å²) in [4.78, 5) is 29.2. The van der Waals surface area contributed by atoms with Gasteiger partial charge in [0, 0.05) is 25.4 Å². The Labute approximate surface area is 222 Å². The van der Waals surface area contributed by atoms with Gasteiger partial charge in [0.2, 0.25) is 18.6 Å². The number of ether oxygens (including phenoxy) is 2. The van der Waals surface area contributed by atoms with Crippen LogP contribution >= 0.6 is 0 Å². The molecule has 0 spiro atoms. The van der Waals surface area contributed by atoms with E-state index in [2.05, 4.69) is 5.32 Å². The average molecular weight is 517 g/mol. The Morgan fingerprint density at radius 1 is 0.895 bits per heavy atom. The first-order valence-electron chi connectivity index (χ1n) is 13.3. The molecule has 198 valence electrons. The van der Waals surface area contributed by atoms with Crippen LogP contribution in [0.4, 0.5) is 4.39 Å². The van der Waals surface area contributed by atoms with E-state index in [0.29, 0.717) is 24.3 Å². The highest BCUT2D eigenvalue weighted by Crippen LogP contribution is 2.33. The molecule has 1 saturated carbocycles. The van der Waals surface area contributed by atoms with E-state index in [1.54, 1.807) is 17.0 Å². The second-order valence-corrected chi connectivity index (χ2v) is 10.0. The van der Waals surface area contributed by atoms with Crippen molar-refractivity contribution >= 4 is 11.8 Å². The monoisotopic (exact) mass is 516 g/mol. The molecular weight excluding hydrogens is 483 g/mol. The van der Waals surface area contributed by atoms with Crippen LogP contribution in [0, 0.1) is 5.82 Å². The predicted octanol–water partition coefficient (Wildman–Crippen LogP) is 5.19. The Kier molecular flexibility index (Phi) is 8.22. The molecule has 2 amide bonds. The van der Waals surface area contributed by atoms with Gasteiger partial charge in [-0.05, 0) is 60.2 Å². The highest BCUT2D eigenvalue weighted by atomic mass is 19.1. The largest absolute Gasteiger partial charge is 0.454 e. The molecule has 1 aliphatic heterocycles. The van der Waals surface area contributed by atoms with Crippen LogP contribution in [0.2, 0.25) is 0 Å². The zero-order valence-corrected chi connectivity index (χ0v) is 21.4. The predicted molar refractivity (Wildman–Crippen MR) is 142 cm³/mol. The number of amides is 2. The zero-order chi connectivity index (χ0) is 26.3. The number of aryl methyl sites for hydroxylation is 1. The fraction of sp³-hybridized carbons (Fsp3) is 0.355. The molecule has 5 rings (SSSR count). The van der Waals surface area contributed by atoms with Crippen LogP contribution < -0.4 is 14.8 Å². The molecule has 3 aromatic rings. The molecule has 6 nitrogen and oxygen atoms in total. The number of benzene rings is 3. The van der Waals surface area contributed by atoms with Crippen LogP contribution in [0.1, 0.15) is 48.8 Å². The molecule has 1 fully saturated rings. The summed E-state index contributed by atoms with van der Waals surface area (Å²) in [6, 6.07) is 21.0. The van der Waals surface area contributed by atoms with Gasteiger partial charge in [0.25, 0.3) is 0 Å². The highest BCUT2D eigenvalue weighted by molar-refractivity contribution is 5.88. The third-order valence-electron chi connectivity index (χ3n) is 7.30. The lowest BCUT2D eigenvalue weighted by Gasteiger charge is -2.32. The van der Waals surface area contributed by atoms with E-state index >= 15 is 0 Å². The summed E-state index contributed by atoms with van der Waals surface area (Å²) in [7, 11) is 0. The molecule has 3 aromatic carbocycles. The van der Waals surface area contributed by atoms with E-state index in [1.165, 1.54) is 12.1 Å². The Balaban J connectivity index is 1.39. The molecule has 1 heterocycles. The van der Waals surface area contributed by atoms with Crippen LogP contribution in [0.15, 0.2) is 72.8 Å². The van der Waals surface area contributed by atoms with Crippen molar-refractivity contribution in [3.63, 3.8) is 0 Å². The van der Waals surface area contributed by atoms with Gasteiger partial charge in [-0.15, -0.1) is 0 Å². The Morgan fingerprint density at radius 3 is 2.37 bits per heavy atom. The Hall–Kier alpha value is -3.87. The summed E-state index contributed by atoms with van der Waals surface area (Å²) < 4.78 is 24.5. The minimum atomic E-state index is -0.688. The molecule has 1 N–H and O–H groups in total. The number of nitrogens with zero attached hydrogens (tertiary/aromatic N) is 1. The second kappa shape index (κ2) is 12.1. The third-order valence-corrected chi connectivity index (χ3v) is 7.30. The lowest BCUT2D eigenvalue weighted by atomic mass is 10.0. The van der Waals surface area contributed by atoms with E-state index in [1.807, 2.05) is 48.5 Å². The lowest BCUT2D eigenvalue weighted by molar-refractivity contribution is -0.141. The highest BCUT2D eigenvalue weighted by Gasteiger charge is 2.32. The van der Waals surface area contributed by atoms with Gasteiger partial charge in [0.1, 0.15) is 11.9 Å². The number of hydrogen-bond donors (Lipinski definition) is 1. The molecule has 1 aliphatic carbocycles. The quantitative estimate of drug-likeness (QED) is 0.403. The van der Waals surface area contributed by atoms with Crippen molar-refractivity contribution in [2.45, 2.75) is 63.6 Å². The van der Waals surface area contributed by atoms with Crippen LogP contribution in [-0.2, 0) is 29.0 Å². The number of nitrogens with one attached hydrogen (secondary N) is 1. The number of fused-ring (bicyclic) bond motifs is 1. The fourth-order valence-corrected chi connectivity index (χ4v) is 5.20. The smallest absolute Gasteiger partial charge is 0.243 e. The van der Waals surface area contributed by atoms with Gasteiger partial charge in [0.05, 0.1) is 0 Å². The van der Waals surface area contributed by atoms with Gasteiger partial charge in [-0.1, -0.05) is 61.4 Å². The maximum atomic E-state index is 13.8. The molecule has 0 unspecified atom stereocenters. The SMILES string of the molecule is O=C(NC1CCCC1)[C@H](Cc1ccccc1)N(Cc1ccc(F)cc1)C(=O)CCc1ccc2c(c1)OCO2. The van der Waals surface area contributed by atoms with Crippen molar-refractivity contribution < 1.29 is 23.5 Å². The maximum Gasteiger partial charge on any atom is 0.243 e. The number of carbonyl (C=O) groups is 2. The number of carbonyl (C=O) groups excluding carboxylic acids is 2. The van der Waals surface area contributed by atoms with E-state index in [4.69, 9.17) is 9.47 Å². The second-order valence-electron chi connectivity index (χ2n) is 10.0. The third kappa shape index (κ3) is 6.52. The molecule has 0 bridgehead atoms. The number of rotatable bonds is 10. The normalized spacial score (nSPS) is 15.3. The van der Waals surface area contributed by atoms with Gasteiger partial charge in [-0.25, -0.2) is 4.39 Å². The van der Waals surface area contributed by atoms with Crippen molar-refractivity contribution in [2.24, 2.45) is 0 Å². The Morgan fingerprint density at radius 2 is 1.61 bits per heavy atom. The molecule has 0 radical (unpaired) electrons. The molecule has 2 aliphatic rings. The first kappa shape index (κ1) is 25.8. The van der Waals surface area contributed by atoms with Crippen molar-refractivity contribution in [1.82, 2.24) is 10.2 Å². The minimum Gasteiger partial charge on any atom is -0.454 e. The molecule has 1 atom stereocenters. The molecule has 0 aromatic heterocycles. The van der Waals surface area contributed by atoms with E-state index in [-0.39, 0.29) is 43.4 Å². The molecule has 0 saturated heterocycles. The first-order valence-corrected chi connectivity index (χ1v) is 13.3. The van der Waals surface area contributed by atoms with Gasteiger partial charge in [-0.3, -0.25) is 9.59 Å². The van der Waals surface area contributed by atoms with Crippen molar-refractivity contribution in [1.29, 1.82) is 0 Å². The summed E-state index contributed by atoms with van der Waals surface area (Å²) in [6.45, 7) is 0.413. The topological polar surface area (TPSA) is 67.9 Å². The van der Waals surface area contributed by atoms with Gasteiger partial charge in [0.15, 0.2) is 11.5 Å². The Bertz CT molecular complexity index is 1240. The average Bonchev–Trinajstić information content (AvgIpc) is 3.62. The fourth-order valence-electron chi connectivity index (χ4n) is 5.20. The van der Waals surface area contributed by atoms with E-state index in [9.17, 15) is 14.0 Å². The van der Waals surface area contributed by atoms with Crippen LogP contribution in [0.5, 0.6) is 11.5 Å². The first-order chi connectivity index (χ1) is 18.5. The van der Waals surface area contributed by atoms with Gasteiger partial charge < -0.3 is 19.7 Å². The summed E-state index contributed by atoms with van der Waals surface area (Å²) in [5.41, 5.74) is 2.71. The lowest BCUT2D eigenvalue weighted by Crippen LogP contribution is -2.52. The van der Waals surface area contributed by atoms with Crippen molar-refractivity contribution in [3.05, 3.63) is 95.3 Å². The standard InChI is InChI=1S/C31H33FN2O4/c32-25-14-10-24(11-15-25)20-34(30(35)17-13-23-12-16-28-29(19-23)38-21-37-28)27(18-22-6-2-1-3-7-22)31(36)33-26-8-4-5-9-26/h1-3,6-7,10-12,14-16,19,26-27H,4-5,8-9,13,17-18,20-21H2,(H,33,36)/t27-/m0/s1. The van der Waals surface area contributed by atoms with E-state index < -0.39 is 6.04 Å². The molecular formula is C31H33FN2O4. The summed E-state index contributed by atoms with van der Waals surface area (Å²) in [5, 5.41) is 3.21. The van der Waals surface area contributed by atoms with Crippen LogP contribution in [0.25, 0.3) is 0 Å². The minimum absolute atomic E-state index is 0.130. The van der Waals surface area contributed by atoms with Crippen molar-refractivity contribution in [3.8, 4) is 11.5 Å².